The summed E-state index contributed by atoms with van der Waals surface area (Å²) >= 11 is 0. The minimum absolute atomic E-state index is 0.0167. The molecule has 1 aromatic heterocycles. The molecule has 0 bridgehead atoms. The number of fused-ring (bicyclic) bond motifs is 1. The molecule has 3 aliphatic heterocycles. The molecule has 188 valence electrons. The summed E-state index contributed by atoms with van der Waals surface area (Å²) < 4.78 is 7.54. The molecule has 1 aromatic carbocycles. The van der Waals surface area contributed by atoms with E-state index < -0.39 is 0 Å². The number of likely N-dealkylation sites (N-methyl/N-ethyl adjacent to an activating group) is 1. The number of morpholine rings is 1. The second kappa shape index (κ2) is 10.8. The molecular weight excluding hydrogens is 458 g/mol. The van der Waals surface area contributed by atoms with Crippen LogP contribution in [0.2, 0.25) is 0 Å². The molecular formula is C25H31N9O2. The van der Waals surface area contributed by atoms with Crippen LogP contribution >= 0.6 is 0 Å². The summed E-state index contributed by atoms with van der Waals surface area (Å²) in [7, 11) is 1.95. The summed E-state index contributed by atoms with van der Waals surface area (Å²) in [6.45, 7) is 6.87. The van der Waals surface area contributed by atoms with E-state index in [1.807, 2.05) is 60.0 Å². The monoisotopic (exact) mass is 489 g/mol. The van der Waals surface area contributed by atoms with Crippen molar-refractivity contribution in [3.8, 4) is 0 Å². The third-order valence-corrected chi connectivity index (χ3v) is 6.37. The highest BCUT2D eigenvalue weighted by Gasteiger charge is 2.32. The van der Waals surface area contributed by atoms with Crippen molar-refractivity contribution < 1.29 is 9.53 Å². The van der Waals surface area contributed by atoms with E-state index in [4.69, 9.17) is 19.8 Å². The van der Waals surface area contributed by atoms with Crippen LogP contribution in [0.15, 0.2) is 51.6 Å². The first-order chi connectivity index (χ1) is 17.7. The molecule has 36 heavy (non-hydrogen) atoms. The van der Waals surface area contributed by atoms with Crippen LogP contribution < -0.4 is 10.3 Å². The summed E-state index contributed by atoms with van der Waals surface area (Å²) in [5.41, 5.74) is 5.61. The van der Waals surface area contributed by atoms with Gasteiger partial charge in [0, 0.05) is 50.7 Å². The van der Waals surface area contributed by atoms with E-state index in [-0.39, 0.29) is 5.91 Å². The lowest BCUT2D eigenvalue weighted by molar-refractivity contribution is -0.120. The Morgan fingerprint density at radius 2 is 1.89 bits per heavy atom. The summed E-state index contributed by atoms with van der Waals surface area (Å²) in [4.78, 5) is 33.0. The Balaban J connectivity index is 1.60. The number of hydrogen-bond acceptors (Lipinski definition) is 9. The number of hydrazone groups is 1. The molecule has 2 aromatic rings. The summed E-state index contributed by atoms with van der Waals surface area (Å²) in [5.74, 6) is 1.88. The Hall–Kier alpha value is -3.83. The largest absolute Gasteiger partial charge is 0.378 e. The highest BCUT2D eigenvalue weighted by atomic mass is 16.5. The predicted octanol–water partition coefficient (Wildman–Crippen LogP) is 1.55. The van der Waals surface area contributed by atoms with Crippen molar-refractivity contribution >= 4 is 41.6 Å². The first kappa shape index (κ1) is 23.9. The van der Waals surface area contributed by atoms with E-state index in [0.717, 1.165) is 17.7 Å². The summed E-state index contributed by atoms with van der Waals surface area (Å²) in [6.07, 6.45) is 5.10. The number of rotatable bonds is 3. The predicted molar refractivity (Wildman–Crippen MR) is 141 cm³/mol. The second-order valence-corrected chi connectivity index (χ2v) is 8.76. The van der Waals surface area contributed by atoms with Gasteiger partial charge in [0.25, 0.3) is 0 Å². The van der Waals surface area contributed by atoms with Crippen molar-refractivity contribution in [3.63, 3.8) is 0 Å². The van der Waals surface area contributed by atoms with E-state index in [1.165, 1.54) is 6.34 Å². The van der Waals surface area contributed by atoms with Gasteiger partial charge in [-0.3, -0.25) is 24.6 Å². The first-order valence-corrected chi connectivity index (χ1v) is 12.2. The number of nitrogens with zero attached hydrogens (tertiary/aromatic N) is 8. The summed E-state index contributed by atoms with van der Waals surface area (Å²) in [5, 5.41) is 4.77. The highest BCUT2D eigenvalue weighted by Crippen LogP contribution is 2.30. The third-order valence-electron chi connectivity index (χ3n) is 6.37. The van der Waals surface area contributed by atoms with Gasteiger partial charge in [0.05, 0.1) is 19.8 Å². The van der Waals surface area contributed by atoms with Crippen molar-refractivity contribution in [1.82, 2.24) is 24.8 Å². The second-order valence-electron chi connectivity index (χ2n) is 8.76. The maximum Gasteiger partial charge on any atom is 0.243 e. The van der Waals surface area contributed by atoms with Gasteiger partial charge in [0.15, 0.2) is 17.3 Å². The third kappa shape index (κ3) is 4.93. The van der Waals surface area contributed by atoms with Gasteiger partial charge in [-0.15, -0.1) is 0 Å². The van der Waals surface area contributed by atoms with E-state index in [0.29, 0.717) is 69.2 Å². The Labute approximate surface area is 210 Å². The molecule has 4 heterocycles. The van der Waals surface area contributed by atoms with Crippen molar-refractivity contribution in [1.29, 1.82) is 0 Å². The van der Waals surface area contributed by atoms with Crippen molar-refractivity contribution in [3.05, 3.63) is 47.8 Å². The zero-order valence-electron chi connectivity index (χ0n) is 20.7. The zero-order chi connectivity index (χ0) is 24.9. The minimum atomic E-state index is 0.0167. The van der Waals surface area contributed by atoms with Crippen molar-refractivity contribution in [2.45, 2.75) is 13.5 Å². The van der Waals surface area contributed by atoms with Crippen LogP contribution in [0.25, 0.3) is 5.57 Å². The maximum absolute atomic E-state index is 12.9. The number of carbonyl (C=O) groups is 1. The molecule has 0 spiro atoms. The van der Waals surface area contributed by atoms with E-state index >= 15 is 0 Å². The molecule has 2 fully saturated rings. The number of allylic oxidation sites excluding steroid dienone is 1. The number of carbonyl (C=O) groups excluding carboxylic acids is 1. The highest BCUT2D eigenvalue weighted by molar-refractivity contribution is 6.12. The number of benzene rings is 1. The van der Waals surface area contributed by atoms with E-state index in [1.54, 1.807) is 11.1 Å². The quantitative estimate of drug-likeness (QED) is 0.702. The van der Waals surface area contributed by atoms with Gasteiger partial charge in [0.1, 0.15) is 6.34 Å². The average Bonchev–Trinajstić information content (AvgIpc) is 3.24. The molecule has 2 saturated heterocycles. The first-order valence-electron chi connectivity index (χ1n) is 12.2. The topological polar surface area (TPSA) is 103 Å². The number of piperazine rings is 1. The number of aliphatic imine (C=N–C) groups is 2. The fourth-order valence-electron chi connectivity index (χ4n) is 4.45. The molecule has 11 heteroatoms. The van der Waals surface area contributed by atoms with Crippen LogP contribution in [-0.4, -0.2) is 96.6 Å². The number of anilines is 1. The number of amides is 1. The van der Waals surface area contributed by atoms with Crippen LogP contribution in [0.1, 0.15) is 18.2 Å². The fourth-order valence-corrected chi connectivity index (χ4v) is 4.45. The Bertz CT molecular complexity index is 1210. The molecule has 0 unspecified atom stereocenters. The smallest absolute Gasteiger partial charge is 0.243 e. The van der Waals surface area contributed by atoms with Gasteiger partial charge in [-0.1, -0.05) is 30.3 Å². The molecule has 3 aliphatic rings. The Morgan fingerprint density at radius 3 is 2.64 bits per heavy atom. The standard InChI is InChI=1S/C25H31N9O2/c1-3-33-23-22(29-25(33)34-10-9-31(2)17-21(34)35)24(32-11-13-36-14-12-32)30-28-16-20(15-26-18-27-23)19-7-5-4-6-8-19/h4-8,15-16,18,28H,3,9-14,17H2,1-2H3/b20-16+,26-15-,27-18+,30-24+. The minimum Gasteiger partial charge on any atom is -0.378 e. The lowest BCUT2D eigenvalue weighted by atomic mass is 10.1. The lowest BCUT2D eigenvalue weighted by Crippen LogP contribution is -2.49. The average molecular weight is 490 g/mol. The zero-order valence-corrected chi connectivity index (χ0v) is 20.7. The Morgan fingerprint density at radius 1 is 1.08 bits per heavy atom. The molecule has 5 rings (SSSR count). The van der Waals surface area contributed by atoms with Crippen LogP contribution in [-0.2, 0) is 16.1 Å². The molecule has 0 saturated carbocycles. The van der Waals surface area contributed by atoms with E-state index in [2.05, 4.69) is 15.3 Å². The number of ether oxygens (including phenoxy) is 1. The molecule has 0 atom stereocenters. The van der Waals surface area contributed by atoms with Gasteiger partial charge in [-0.05, 0) is 19.5 Å². The molecule has 11 nitrogen and oxygen atoms in total. The summed E-state index contributed by atoms with van der Waals surface area (Å²) in [6, 6.07) is 9.98. The number of imidazole rings is 1. The number of hydrogen-bond donors (Lipinski definition) is 1. The number of nitrogens with one attached hydrogen (secondary N) is 1. The maximum atomic E-state index is 12.9. The number of aromatic nitrogens is 2. The van der Waals surface area contributed by atoms with Crippen LogP contribution in [0.5, 0.6) is 0 Å². The SMILES string of the molecule is CCn1c(N2CCN(C)CC2=O)nc2c1/N=C/N=C\C(c1ccccc1)=C/N/N=C\2N1CCOCC1. The Kier molecular flexibility index (Phi) is 7.19. The molecule has 1 amide bonds. The van der Waals surface area contributed by atoms with Gasteiger partial charge in [-0.2, -0.15) is 5.10 Å². The van der Waals surface area contributed by atoms with Gasteiger partial charge < -0.3 is 9.64 Å². The van der Waals surface area contributed by atoms with Crippen molar-refractivity contribution in [2.24, 2.45) is 15.1 Å². The van der Waals surface area contributed by atoms with E-state index in [9.17, 15) is 4.79 Å². The molecule has 0 aliphatic carbocycles. The fraction of sp³-hybridized carbons (Fsp3) is 0.400. The lowest BCUT2D eigenvalue weighted by Gasteiger charge is -2.31. The van der Waals surface area contributed by atoms with Crippen LogP contribution in [0.3, 0.4) is 0 Å². The number of amidine groups is 1. The normalized spacial score (nSPS) is 24.0. The van der Waals surface area contributed by atoms with Crippen LogP contribution in [0.4, 0.5) is 11.8 Å². The van der Waals surface area contributed by atoms with Crippen LogP contribution in [0, 0.1) is 0 Å². The van der Waals surface area contributed by atoms with Gasteiger partial charge in [-0.25, -0.2) is 15.0 Å². The van der Waals surface area contributed by atoms with Gasteiger partial charge >= 0.3 is 0 Å². The van der Waals surface area contributed by atoms with Gasteiger partial charge in [0.2, 0.25) is 11.9 Å². The molecule has 0 radical (unpaired) electrons. The molecule has 1 N–H and O–H groups in total. The van der Waals surface area contributed by atoms with Crippen molar-refractivity contribution in [2.75, 3.05) is 57.9 Å².